The molecule has 1 aromatic carbocycles. The molecule has 252 valence electrons. The quantitative estimate of drug-likeness (QED) is 0.305. The molecule has 1 N–H and O–H groups in total. The van der Waals surface area contributed by atoms with Crippen LogP contribution < -0.4 is 9.64 Å². The number of likely N-dealkylation sites (tertiary alicyclic amines) is 1. The lowest BCUT2D eigenvalue weighted by molar-refractivity contribution is -0.124. The molecule has 7 rings (SSSR count). The second-order valence-corrected chi connectivity index (χ2v) is 14.0. The first-order chi connectivity index (χ1) is 23.4. The molecule has 48 heavy (non-hydrogen) atoms. The predicted molar refractivity (Wildman–Crippen MR) is 178 cm³/mol. The number of ether oxygens (including phenoxy) is 2. The van der Waals surface area contributed by atoms with E-state index in [1.165, 1.54) is 10.5 Å². The largest absolute Gasteiger partial charge is 0.495 e. The van der Waals surface area contributed by atoms with Crippen LogP contribution in [0.15, 0.2) is 48.9 Å². The number of aliphatic hydroxyl groups is 1. The Labute approximate surface area is 281 Å². The fourth-order valence-corrected chi connectivity index (χ4v) is 7.54. The lowest BCUT2D eigenvalue weighted by atomic mass is 9.78. The Morgan fingerprint density at radius 3 is 2.46 bits per heavy atom. The summed E-state index contributed by atoms with van der Waals surface area (Å²) in [5, 5.41) is 23.7. The molecule has 0 spiro atoms. The van der Waals surface area contributed by atoms with Crippen LogP contribution in [0.1, 0.15) is 87.3 Å². The summed E-state index contributed by atoms with van der Waals surface area (Å²) in [6, 6.07) is 12.7. The van der Waals surface area contributed by atoms with E-state index >= 15 is 0 Å². The number of methoxy groups -OCH3 is 1. The number of nitriles is 1. The highest BCUT2D eigenvalue weighted by Crippen LogP contribution is 2.39. The van der Waals surface area contributed by atoms with Crippen LogP contribution in [0, 0.1) is 23.2 Å². The molecule has 0 atom stereocenters. The number of benzene rings is 1. The second-order valence-electron chi connectivity index (χ2n) is 14.0. The number of pyridine rings is 1. The zero-order valence-corrected chi connectivity index (χ0v) is 27.5. The maximum Gasteiger partial charge on any atom is 0.410 e. The number of rotatable bonds is 9. The minimum Gasteiger partial charge on any atom is -0.495 e. The van der Waals surface area contributed by atoms with Crippen LogP contribution in [0.5, 0.6) is 5.75 Å². The first kappa shape index (κ1) is 32.1. The van der Waals surface area contributed by atoms with Gasteiger partial charge in [-0.15, -0.1) is 0 Å². The number of amides is 2. The third-order valence-electron chi connectivity index (χ3n) is 10.7. The van der Waals surface area contributed by atoms with Crippen LogP contribution in [0.25, 0.3) is 11.1 Å². The van der Waals surface area contributed by atoms with Crippen LogP contribution >= 0.6 is 0 Å². The normalized spacial score (nSPS) is 24.3. The first-order valence-electron chi connectivity index (χ1n) is 17.4. The summed E-state index contributed by atoms with van der Waals surface area (Å²) in [4.78, 5) is 34.9. The maximum atomic E-state index is 14.4. The van der Waals surface area contributed by atoms with Gasteiger partial charge in [0, 0.05) is 30.4 Å². The zero-order valence-electron chi connectivity index (χ0n) is 27.5. The number of aliphatic hydroxyl groups excluding tert-OH is 1. The Balaban J connectivity index is 1.04. The molecule has 1 aliphatic heterocycles. The molecule has 3 heterocycles. The number of nitrogens with zero attached hydrogens (tertiary/aromatic N) is 6. The van der Waals surface area contributed by atoms with Gasteiger partial charge in [0.15, 0.2) is 0 Å². The summed E-state index contributed by atoms with van der Waals surface area (Å²) in [5.74, 6) is 1.87. The first-order valence-corrected chi connectivity index (χ1v) is 17.4. The molecule has 11 nitrogen and oxygen atoms in total. The van der Waals surface area contributed by atoms with E-state index in [1.807, 2.05) is 40.0 Å². The third-order valence-corrected chi connectivity index (χ3v) is 10.7. The van der Waals surface area contributed by atoms with Gasteiger partial charge in [0.25, 0.3) is 0 Å². The number of β-amino-alcohol motifs (C(OH)–C–C–N with tert-alkyl or cyclic N) is 1. The summed E-state index contributed by atoms with van der Waals surface area (Å²) >= 11 is 0. The van der Waals surface area contributed by atoms with Crippen molar-refractivity contribution in [3.05, 3.63) is 60.0 Å². The number of hydrogen-bond acceptors (Lipinski definition) is 8. The minimum atomic E-state index is -0.465. The van der Waals surface area contributed by atoms with E-state index in [0.29, 0.717) is 80.3 Å². The third kappa shape index (κ3) is 7.04. The molecule has 1 saturated heterocycles. The van der Waals surface area contributed by atoms with Gasteiger partial charge in [-0.25, -0.2) is 9.78 Å². The van der Waals surface area contributed by atoms with E-state index in [4.69, 9.17) is 14.5 Å². The van der Waals surface area contributed by atoms with Crippen LogP contribution in [0.2, 0.25) is 0 Å². The number of anilines is 1. The van der Waals surface area contributed by atoms with Crippen LogP contribution in [-0.2, 0) is 9.53 Å². The topological polar surface area (TPSA) is 134 Å². The average Bonchev–Trinajstić information content (AvgIpc) is 3.84. The van der Waals surface area contributed by atoms with E-state index in [9.17, 15) is 20.0 Å². The molecule has 2 amide bonds. The number of carbonyl (C=O) groups is 2. The van der Waals surface area contributed by atoms with Gasteiger partial charge in [0.1, 0.15) is 23.7 Å². The summed E-state index contributed by atoms with van der Waals surface area (Å²) < 4.78 is 13.1. The van der Waals surface area contributed by atoms with Crippen molar-refractivity contribution in [1.82, 2.24) is 19.7 Å². The van der Waals surface area contributed by atoms with Crippen LogP contribution in [-0.4, -0.2) is 75.7 Å². The second kappa shape index (κ2) is 14.0. The van der Waals surface area contributed by atoms with E-state index in [0.717, 1.165) is 49.7 Å². The summed E-state index contributed by atoms with van der Waals surface area (Å²) in [7, 11) is 1.58. The Kier molecular flexibility index (Phi) is 9.35. The predicted octanol–water partition coefficient (Wildman–Crippen LogP) is 5.84. The van der Waals surface area contributed by atoms with Gasteiger partial charge in [0.2, 0.25) is 5.91 Å². The van der Waals surface area contributed by atoms with Crippen LogP contribution in [0.3, 0.4) is 0 Å². The van der Waals surface area contributed by atoms with Gasteiger partial charge in [-0.3, -0.25) is 14.4 Å². The van der Waals surface area contributed by atoms with Crippen molar-refractivity contribution in [3.63, 3.8) is 0 Å². The van der Waals surface area contributed by atoms with E-state index in [2.05, 4.69) is 23.4 Å². The molecule has 2 aromatic heterocycles. The van der Waals surface area contributed by atoms with Gasteiger partial charge >= 0.3 is 6.09 Å². The monoisotopic (exact) mass is 652 g/mol. The molecule has 3 saturated carbocycles. The van der Waals surface area contributed by atoms with Crippen molar-refractivity contribution in [1.29, 1.82) is 5.26 Å². The molecule has 4 aliphatic rings. The molecule has 4 fully saturated rings. The lowest BCUT2D eigenvalue weighted by Gasteiger charge is -2.38. The highest BCUT2D eigenvalue weighted by atomic mass is 16.6. The van der Waals surface area contributed by atoms with Crippen molar-refractivity contribution in [2.24, 2.45) is 11.8 Å². The molecular formula is C37H44N6O5. The Morgan fingerprint density at radius 1 is 1.00 bits per heavy atom. The van der Waals surface area contributed by atoms with Crippen molar-refractivity contribution in [2.45, 2.75) is 88.4 Å². The molecule has 3 aliphatic carbocycles. The van der Waals surface area contributed by atoms with Gasteiger partial charge < -0.3 is 19.5 Å². The summed E-state index contributed by atoms with van der Waals surface area (Å²) in [6.07, 6.45) is 13.5. The number of hydrogen-bond donors (Lipinski definition) is 1. The van der Waals surface area contributed by atoms with Crippen molar-refractivity contribution in [3.8, 4) is 22.9 Å². The fraction of sp³-hybridized carbons (Fsp3) is 0.541. The van der Waals surface area contributed by atoms with Crippen molar-refractivity contribution in [2.75, 3.05) is 31.6 Å². The number of carbonyl (C=O) groups excluding carboxylic acids is 2. The molecular weight excluding hydrogens is 608 g/mol. The maximum absolute atomic E-state index is 14.4. The molecule has 0 bridgehead atoms. The molecule has 11 heteroatoms. The van der Waals surface area contributed by atoms with Gasteiger partial charge in [0.05, 0.1) is 44.1 Å². The Hall–Kier alpha value is -4.43. The molecule has 3 aromatic rings. The Bertz CT molecular complexity index is 1660. The fourth-order valence-electron chi connectivity index (χ4n) is 7.54. The smallest absolute Gasteiger partial charge is 0.410 e. The van der Waals surface area contributed by atoms with Crippen LogP contribution in [0.4, 0.5) is 10.6 Å². The summed E-state index contributed by atoms with van der Waals surface area (Å²) in [5.41, 5.74) is 3.74. The molecule has 0 radical (unpaired) electrons. The lowest BCUT2D eigenvalue weighted by Crippen LogP contribution is -2.54. The molecule has 0 unspecified atom stereocenters. The standard InChI is InChI=1S/C37H44N6O5/c1-47-34-13-8-27(16-29(34)18-38)25-4-2-24(3-5-25)20-42(35-17-28(14-15-39-35)30-19-40-43(21-30)31-9-10-31)36(45)26-6-11-33(12-7-26)48-37(46)41-22-32(44)23-41/h8,13-17,19,21,24-26,31-33,44H,2-7,9-12,20,22-23H2,1H3/t24-,25-,26-,33-. The zero-order chi connectivity index (χ0) is 33.2. The van der Waals surface area contributed by atoms with E-state index < -0.39 is 6.10 Å². The summed E-state index contributed by atoms with van der Waals surface area (Å²) in [6.45, 7) is 1.23. The van der Waals surface area contributed by atoms with E-state index in [1.54, 1.807) is 13.3 Å². The van der Waals surface area contributed by atoms with Gasteiger partial charge in [-0.2, -0.15) is 10.4 Å². The highest BCUT2D eigenvalue weighted by molar-refractivity contribution is 5.94. The Morgan fingerprint density at radius 2 is 1.77 bits per heavy atom. The SMILES string of the molecule is COc1ccc([C@H]2CC[C@H](CN(c3cc(-c4cnn(C5CC5)c4)ccn3)C(=O)[C@H]3CC[C@H](OC(=O)N4CC(O)C4)CC3)CC2)cc1C#N. The van der Waals surface area contributed by atoms with Gasteiger partial charge in [-0.1, -0.05) is 6.07 Å². The van der Waals surface area contributed by atoms with Crippen molar-refractivity contribution < 1.29 is 24.2 Å². The van der Waals surface area contributed by atoms with Crippen molar-refractivity contribution >= 4 is 17.8 Å². The average molecular weight is 653 g/mol. The van der Waals surface area contributed by atoms with E-state index in [-0.39, 0.29) is 24.0 Å². The van der Waals surface area contributed by atoms with Gasteiger partial charge in [-0.05, 0) is 111 Å². The number of aromatic nitrogens is 3. The minimum absolute atomic E-state index is 0.0832. The highest BCUT2D eigenvalue weighted by Gasteiger charge is 2.36.